The van der Waals surface area contributed by atoms with E-state index in [-0.39, 0.29) is 0 Å². The van der Waals surface area contributed by atoms with Gasteiger partial charge in [-0.05, 0) is 62.4 Å². The van der Waals surface area contributed by atoms with Crippen molar-refractivity contribution in [1.29, 1.82) is 0 Å². The van der Waals surface area contributed by atoms with Crippen molar-refractivity contribution in [2.24, 2.45) is 0 Å². The molecule has 0 atom stereocenters. The van der Waals surface area contributed by atoms with Gasteiger partial charge in [-0.3, -0.25) is 0 Å². The second kappa shape index (κ2) is 7.53. The lowest BCUT2D eigenvalue weighted by Crippen LogP contribution is -2.25. The number of halogens is 1. The van der Waals surface area contributed by atoms with Gasteiger partial charge in [0, 0.05) is 28.6 Å². The Morgan fingerprint density at radius 3 is 2.65 bits per heavy atom. The van der Waals surface area contributed by atoms with Crippen LogP contribution in [-0.2, 0) is 12.8 Å². The van der Waals surface area contributed by atoms with E-state index in [2.05, 4.69) is 18.7 Å². The summed E-state index contributed by atoms with van der Waals surface area (Å²) in [7, 11) is 0. The summed E-state index contributed by atoms with van der Waals surface area (Å²) in [5.74, 6) is 1.93. The number of nitrogens with zero attached hydrogens (tertiary/aromatic N) is 3. The summed E-state index contributed by atoms with van der Waals surface area (Å²) >= 11 is 7.92. The first kappa shape index (κ1) is 17.7. The quantitative estimate of drug-likeness (QED) is 0.511. The molecule has 3 aromatic rings. The molecule has 0 radical (unpaired) electrons. The largest absolute Gasteiger partial charge is 0.356 e. The molecule has 0 spiro atoms. The highest BCUT2D eigenvalue weighted by molar-refractivity contribution is 7.19. The van der Waals surface area contributed by atoms with E-state index in [0.29, 0.717) is 0 Å². The Hall–Kier alpha value is -1.65. The Balaban J connectivity index is 1.89. The van der Waals surface area contributed by atoms with Gasteiger partial charge in [-0.25, -0.2) is 9.97 Å². The van der Waals surface area contributed by atoms with E-state index >= 15 is 0 Å². The van der Waals surface area contributed by atoms with Gasteiger partial charge in [0.05, 0.1) is 5.39 Å². The molecule has 2 aromatic heterocycles. The van der Waals surface area contributed by atoms with Crippen molar-refractivity contribution >= 4 is 39.0 Å². The van der Waals surface area contributed by atoms with Crippen molar-refractivity contribution in [3.8, 4) is 11.4 Å². The highest BCUT2D eigenvalue weighted by Crippen LogP contribution is 2.41. The molecule has 0 saturated heterocycles. The Labute approximate surface area is 164 Å². The standard InChI is InChI=1S/C21H24ClN3S/c1-3-5-13-25(4-2)20-18-16-7-6-8-17(16)26-21(18)24-19(23-20)14-9-11-15(22)12-10-14/h9-12H,3-8,13H2,1-2H3. The number of hydrogen-bond acceptors (Lipinski definition) is 4. The highest BCUT2D eigenvalue weighted by Gasteiger charge is 2.24. The SMILES string of the molecule is CCCCN(CC)c1nc(-c2ccc(Cl)cc2)nc2sc3c(c12)CCC3. The summed E-state index contributed by atoms with van der Waals surface area (Å²) in [5.41, 5.74) is 2.52. The van der Waals surface area contributed by atoms with Crippen molar-refractivity contribution in [3.63, 3.8) is 0 Å². The molecule has 0 N–H and O–H groups in total. The summed E-state index contributed by atoms with van der Waals surface area (Å²) in [6, 6.07) is 7.84. The number of hydrogen-bond donors (Lipinski definition) is 0. The summed E-state index contributed by atoms with van der Waals surface area (Å²) in [5, 5.41) is 2.04. The molecule has 0 fully saturated rings. The third-order valence-corrected chi connectivity index (χ3v) is 6.55. The maximum Gasteiger partial charge on any atom is 0.163 e. The molecule has 3 nitrogen and oxygen atoms in total. The van der Waals surface area contributed by atoms with E-state index in [4.69, 9.17) is 21.6 Å². The van der Waals surface area contributed by atoms with Gasteiger partial charge < -0.3 is 4.90 Å². The average molecular weight is 386 g/mol. The maximum atomic E-state index is 6.06. The van der Waals surface area contributed by atoms with Crippen LogP contribution in [0.5, 0.6) is 0 Å². The lowest BCUT2D eigenvalue weighted by molar-refractivity contribution is 0.726. The minimum absolute atomic E-state index is 0.739. The lowest BCUT2D eigenvalue weighted by Gasteiger charge is -2.23. The second-order valence-electron chi connectivity index (χ2n) is 6.85. The van der Waals surface area contributed by atoms with Crippen LogP contribution in [0.2, 0.25) is 5.02 Å². The van der Waals surface area contributed by atoms with Crippen LogP contribution in [0, 0.1) is 0 Å². The molecule has 0 bridgehead atoms. The first-order chi connectivity index (χ1) is 12.7. The van der Waals surface area contributed by atoms with Crippen molar-refractivity contribution in [3.05, 3.63) is 39.7 Å². The van der Waals surface area contributed by atoms with Gasteiger partial charge in [-0.1, -0.05) is 24.9 Å². The fraction of sp³-hybridized carbons (Fsp3) is 0.429. The van der Waals surface area contributed by atoms with E-state index in [9.17, 15) is 0 Å². The van der Waals surface area contributed by atoms with Crippen LogP contribution in [0.1, 0.15) is 43.6 Å². The number of thiophene rings is 1. The number of unbranched alkanes of at least 4 members (excludes halogenated alkanes) is 1. The molecule has 136 valence electrons. The van der Waals surface area contributed by atoms with Crippen LogP contribution in [0.3, 0.4) is 0 Å². The molecule has 0 saturated carbocycles. The molecular weight excluding hydrogens is 362 g/mol. The van der Waals surface area contributed by atoms with Crippen LogP contribution in [0.15, 0.2) is 24.3 Å². The van der Waals surface area contributed by atoms with Crippen LogP contribution >= 0.6 is 22.9 Å². The number of aryl methyl sites for hydroxylation is 2. The van der Waals surface area contributed by atoms with Gasteiger partial charge in [-0.15, -0.1) is 11.3 Å². The fourth-order valence-electron chi connectivity index (χ4n) is 3.70. The second-order valence-corrected chi connectivity index (χ2v) is 8.37. The molecule has 4 rings (SSSR count). The zero-order valence-electron chi connectivity index (χ0n) is 15.4. The molecule has 26 heavy (non-hydrogen) atoms. The summed E-state index contributed by atoms with van der Waals surface area (Å²) in [6.07, 6.45) is 5.99. The molecule has 0 unspecified atom stereocenters. The molecular formula is C21H24ClN3S. The van der Waals surface area contributed by atoms with Gasteiger partial charge in [0.25, 0.3) is 0 Å². The van der Waals surface area contributed by atoms with E-state index in [1.807, 2.05) is 35.6 Å². The number of rotatable bonds is 6. The van der Waals surface area contributed by atoms with Gasteiger partial charge in [-0.2, -0.15) is 0 Å². The van der Waals surface area contributed by atoms with Crippen molar-refractivity contribution < 1.29 is 0 Å². The third-order valence-electron chi connectivity index (χ3n) is 5.11. The van der Waals surface area contributed by atoms with E-state index < -0.39 is 0 Å². The van der Waals surface area contributed by atoms with Gasteiger partial charge in [0.1, 0.15) is 10.6 Å². The monoisotopic (exact) mass is 385 g/mol. The van der Waals surface area contributed by atoms with Crippen LogP contribution in [-0.4, -0.2) is 23.1 Å². The average Bonchev–Trinajstić information content (AvgIpc) is 3.23. The Morgan fingerprint density at radius 2 is 1.92 bits per heavy atom. The van der Waals surface area contributed by atoms with Crippen molar-refractivity contribution in [1.82, 2.24) is 9.97 Å². The van der Waals surface area contributed by atoms with Gasteiger partial charge in [0.2, 0.25) is 0 Å². The Bertz CT molecular complexity index is 917. The molecule has 2 heterocycles. The zero-order valence-corrected chi connectivity index (χ0v) is 17.0. The Morgan fingerprint density at radius 1 is 1.12 bits per heavy atom. The van der Waals surface area contributed by atoms with E-state index in [1.165, 1.54) is 41.5 Å². The first-order valence-corrected chi connectivity index (χ1v) is 10.7. The van der Waals surface area contributed by atoms with Crippen LogP contribution in [0.4, 0.5) is 5.82 Å². The van der Waals surface area contributed by atoms with Crippen molar-refractivity contribution in [2.75, 3.05) is 18.0 Å². The summed E-state index contributed by atoms with van der Waals surface area (Å²) in [4.78, 5) is 15.1. The fourth-order valence-corrected chi connectivity index (χ4v) is 5.08. The predicted molar refractivity (Wildman–Crippen MR) is 113 cm³/mol. The number of fused-ring (bicyclic) bond motifs is 3. The maximum absolute atomic E-state index is 6.06. The number of benzene rings is 1. The predicted octanol–water partition coefficient (Wildman–Crippen LogP) is 6.13. The highest BCUT2D eigenvalue weighted by atomic mass is 35.5. The lowest BCUT2D eigenvalue weighted by atomic mass is 10.1. The normalized spacial score (nSPS) is 13.3. The zero-order chi connectivity index (χ0) is 18.1. The summed E-state index contributed by atoms with van der Waals surface area (Å²) < 4.78 is 0. The minimum atomic E-state index is 0.739. The molecule has 1 aromatic carbocycles. The molecule has 0 amide bonds. The van der Waals surface area contributed by atoms with E-state index in [1.54, 1.807) is 0 Å². The smallest absolute Gasteiger partial charge is 0.163 e. The van der Waals surface area contributed by atoms with Gasteiger partial charge >= 0.3 is 0 Å². The molecule has 0 aliphatic heterocycles. The third kappa shape index (κ3) is 3.21. The Kier molecular flexibility index (Phi) is 5.14. The topological polar surface area (TPSA) is 29.0 Å². The summed E-state index contributed by atoms with van der Waals surface area (Å²) in [6.45, 7) is 6.48. The van der Waals surface area contributed by atoms with Gasteiger partial charge in [0.15, 0.2) is 5.82 Å². The molecule has 5 heteroatoms. The molecule has 1 aliphatic rings. The van der Waals surface area contributed by atoms with Crippen LogP contribution in [0.25, 0.3) is 21.6 Å². The number of anilines is 1. The minimum Gasteiger partial charge on any atom is -0.356 e. The first-order valence-electron chi connectivity index (χ1n) is 9.54. The van der Waals surface area contributed by atoms with Crippen molar-refractivity contribution in [2.45, 2.75) is 46.0 Å². The van der Waals surface area contributed by atoms with E-state index in [0.717, 1.165) is 46.6 Å². The van der Waals surface area contributed by atoms with Crippen LogP contribution < -0.4 is 4.90 Å². The number of aromatic nitrogens is 2. The molecule has 1 aliphatic carbocycles.